The number of anilines is 1. The molecule has 0 bridgehead atoms. The standard InChI is InChI=1S/C29H26N2O2/c1-32-28-18-17-24(19-29(28)33-2)27-20-26(30-31(27)25-11-7-4-8-12-25)23-15-13-22(14-16-23)21-9-5-3-6-10-21/h3-19,27H,20H2,1-2H3/t27-/m1/s1. The number of hydrogen-bond donors (Lipinski definition) is 0. The van der Waals surface area contributed by atoms with Crippen molar-refractivity contribution in [3.8, 4) is 22.6 Å². The van der Waals surface area contributed by atoms with E-state index in [2.05, 4.69) is 77.8 Å². The van der Waals surface area contributed by atoms with Gasteiger partial charge in [0.25, 0.3) is 0 Å². The van der Waals surface area contributed by atoms with E-state index in [4.69, 9.17) is 14.6 Å². The van der Waals surface area contributed by atoms with Crippen molar-refractivity contribution in [3.63, 3.8) is 0 Å². The highest BCUT2D eigenvalue weighted by atomic mass is 16.5. The smallest absolute Gasteiger partial charge is 0.161 e. The van der Waals surface area contributed by atoms with Crippen LogP contribution in [0.15, 0.2) is 108 Å². The Morgan fingerprint density at radius 2 is 1.27 bits per heavy atom. The fraction of sp³-hybridized carbons (Fsp3) is 0.138. The number of para-hydroxylation sites is 1. The van der Waals surface area contributed by atoms with Crippen LogP contribution in [0, 0.1) is 0 Å². The first-order chi connectivity index (χ1) is 16.3. The molecule has 0 fully saturated rings. The monoisotopic (exact) mass is 434 g/mol. The molecule has 1 heterocycles. The van der Waals surface area contributed by atoms with Gasteiger partial charge in [-0.1, -0.05) is 78.9 Å². The molecular formula is C29H26N2O2. The average molecular weight is 435 g/mol. The lowest BCUT2D eigenvalue weighted by Crippen LogP contribution is -2.18. The van der Waals surface area contributed by atoms with Gasteiger partial charge in [0.2, 0.25) is 0 Å². The number of ether oxygens (including phenoxy) is 2. The van der Waals surface area contributed by atoms with Crippen molar-refractivity contribution in [2.24, 2.45) is 5.10 Å². The fourth-order valence-electron chi connectivity index (χ4n) is 4.31. The van der Waals surface area contributed by atoms with Crippen molar-refractivity contribution >= 4 is 11.4 Å². The highest BCUT2D eigenvalue weighted by molar-refractivity contribution is 6.03. The number of rotatable bonds is 6. The normalized spacial score (nSPS) is 15.3. The average Bonchev–Trinajstić information content (AvgIpc) is 3.35. The maximum atomic E-state index is 5.56. The van der Waals surface area contributed by atoms with Crippen LogP contribution in [0.1, 0.15) is 23.6 Å². The minimum Gasteiger partial charge on any atom is -0.493 e. The van der Waals surface area contributed by atoms with E-state index in [0.29, 0.717) is 0 Å². The molecule has 4 heteroatoms. The van der Waals surface area contributed by atoms with Crippen molar-refractivity contribution in [2.45, 2.75) is 12.5 Å². The summed E-state index contributed by atoms with van der Waals surface area (Å²) < 4.78 is 11.0. The van der Waals surface area contributed by atoms with Gasteiger partial charge in [-0.3, -0.25) is 5.01 Å². The first-order valence-electron chi connectivity index (χ1n) is 11.1. The van der Waals surface area contributed by atoms with E-state index >= 15 is 0 Å². The van der Waals surface area contributed by atoms with E-state index in [9.17, 15) is 0 Å². The number of benzene rings is 4. The molecule has 1 atom stereocenters. The third-order valence-electron chi connectivity index (χ3n) is 6.05. The van der Waals surface area contributed by atoms with E-state index in [1.54, 1.807) is 14.2 Å². The van der Waals surface area contributed by atoms with Gasteiger partial charge >= 0.3 is 0 Å². The van der Waals surface area contributed by atoms with Gasteiger partial charge in [0.05, 0.1) is 31.7 Å². The van der Waals surface area contributed by atoms with E-state index in [1.807, 2.05) is 30.3 Å². The molecule has 33 heavy (non-hydrogen) atoms. The Hall–Kier alpha value is -4.05. The topological polar surface area (TPSA) is 34.1 Å². The lowest BCUT2D eigenvalue weighted by molar-refractivity contribution is 0.354. The molecule has 0 saturated carbocycles. The highest BCUT2D eigenvalue weighted by Gasteiger charge is 2.30. The molecule has 5 rings (SSSR count). The number of nitrogens with zero attached hydrogens (tertiary/aromatic N) is 2. The van der Waals surface area contributed by atoms with E-state index in [0.717, 1.165) is 40.4 Å². The first-order valence-corrected chi connectivity index (χ1v) is 11.1. The summed E-state index contributed by atoms with van der Waals surface area (Å²) in [6.45, 7) is 0. The Morgan fingerprint density at radius 3 is 1.94 bits per heavy atom. The van der Waals surface area contributed by atoms with Crippen LogP contribution in [0.3, 0.4) is 0 Å². The molecule has 0 aromatic heterocycles. The van der Waals surface area contributed by atoms with Crippen LogP contribution >= 0.6 is 0 Å². The van der Waals surface area contributed by atoms with Crippen LogP contribution in [-0.2, 0) is 0 Å². The number of hydrazone groups is 1. The van der Waals surface area contributed by atoms with Gasteiger partial charge in [0, 0.05) is 6.42 Å². The maximum Gasteiger partial charge on any atom is 0.161 e. The lowest BCUT2D eigenvalue weighted by Gasteiger charge is -2.24. The Balaban J connectivity index is 1.49. The van der Waals surface area contributed by atoms with E-state index < -0.39 is 0 Å². The van der Waals surface area contributed by atoms with Gasteiger partial charge in [0.1, 0.15) is 0 Å². The molecule has 0 unspecified atom stereocenters. The molecule has 1 aliphatic rings. The van der Waals surface area contributed by atoms with Crippen LogP contribution in [-0.4, -0.2) is 19.9 Å². The molecule has 0 N–H and O–H groups in total. The summed E-state index contributed by atoms with van der Waals surface area (Å²) in [5.74, 6) is 1.45. The Kier molecular flexibility index (Phi) is 5.81. The quantitative estimate of drug-likeness (QED) is 0.337. The number of hydrogen-bond acceptors (Lipinski definition) is 4. The van der Waals surface area contributed by atoms with Crippen LogP contribution in [0.2, 0.25) is 0 Å². The summed E-state index contributed by atoms with van der Waals surface area (Å²) in [4.78, 5) is 0. The van der Waals surface area contributed by atoms with Crippen molar-refractivity contribution < 1.29 is 9.47 Å². The van der Waals surface area contributed by atoms with Gasteiger partial charge in [-0.15, -0.1) is 0 Å². The third-order valence-corrected chi connectivity index (χ3v) is 6.05. The molecule has 4 nitrogen and oxygen atoms in total. The lowest BCUT2D eigenvalue weighted by atomic mass is 9.96. The summed E-state index contributed by atoms with van der Waals surface area (Å²) in [6.07, 6.45) is 0.801. The van der Waals surface area contributed by atoms with Crippen LogP contribution in [0.5, 0.6) is 11.5 Å². The van der Waals surface area contributed by atoms with Crippen molar-refractivity contribution in [1.29, 1.82) is 0 Å². The largest absolute Gasteiger partial charge is 0.493 e. The summed E-state index contributed by atoms with van der Waals surface area (Å²) in [5, 5.41) is 7.18. The molecule has 0 aliphatic carbocycles. The third kappa shape index (κ3) is 4.20. The summed E-state index contributed by atoms with van der Waals surface area (Å²) >= 11 is 0. The van der Waals surface area contributed by atoms with Crippen LogP contribution in [0.4, 0.5) is 5.69 Å². The molecule has 0 spiro atoms. The Morgan fingerprint density at radius 1 is 0.667 bits per heavy atom. The van der Waals surface area contributed by atoms with E-state index in [1.165, 1.54) is 11.1 Å². The molecule has 0 saturated heterocycles. The highest BCUT2D eigenvalue weighted by Crippen LogP contribution is 2.39. The summed E-state index contributed by atoms with van der Waals surface area (Å²) in [5.41, 5.74) is 6.82. The molecule has 164 valence electrons. The van der Waals surface area contributed by atoms with Crippen LogP contribution in [0.25, 0.3) is 11.1 Å². The van der Waals surface area contributed by atoms with Gasteiger partial charge in [0.15, 0.2) is 11.5 Å². The first kappa shape index (κ1) is 20.8. The predicted octanol–water partition coefficient (Wildman–Crippen LogP) is 6.73. The second kappa shape index (κ2) is 9.21. The second-order valence-electron chi connectivity index (χ2n) is 8.00. The molecule has 4 aromatic carbocycles. The number of methoxy groups -OCH3 is 2. The van der Waals surface area contributed by atoms with Crippen molar-refractivity contribution in [1.82, 2.24) is 0 Å². The van der Waals surface area contributed by atoms with Gasteiger partial charge in [-0.05, 0) is 46.5 Å². The molecule has 1 aliphatic heterocycles. The minimum atomic E-state index is 0.0657. The molecular weight excluding hydrogens is 408 g/mol. The Bertz CT molecular complexity index is 1250. The Labute approximate surface area is 194 Å². The zero-order chi connectivity index (χ0) is 22.6. The summed E-state index contributed by atoms with van der Waals surface area (Å²) in [6, 6.07) is 35.6. The van der Waals surface area contributed by atoms with E-state index in [-0.39, 0.29) is 6.04 Å². The minimum absolute atomic E-state index is 0.0657. The van der Waals surface area contributed by atoms with Gasteiger partial charge in [-0.25, -0.2) is 0 Å². The van der Waals surface area contributed by atoms with Gasteiger partial charge in [-0.2, -0.15) is 5.10 Å². The maximum absolute atomic E-state index is 5.56. The van der Waals surface area contributed by atoms with Crippen molar-refractivity contribution in [2.75, 3.05) is 19.2 Å². The fourth-order valence-corrected chi connectivity index (χ4v) is 4.31. The van der Waals surface area contributed by atoms with Crippen molar-refractivity contribution in [3.05, 3.63) is 114 Å². The molecule has 0 radical (unpaired) electrons. The predicted molar refractivity (Wildman–Crippen MR) is 134 cm³/mol. The molecule has 0 amide bonds. The zero-order valence-corrected chi connectivity index (χ0v) is 18.8. The summed E-state index contributed by atoms with van der Waals surface area (Å²) in [7, 11) is 3.32. The zero-order valence-electron chi connectivity index (χ0n) is 18.8. The second-order valence-corrected chi connectivity index (χ2v) is 8.00. The van der Waals surface area contributed by atoms with Gasteiger partial charge < -0.3 is 9.47 Å². The van der Waals surface area contributed by atoms with Crippen LogP contribution < -0.4 is 14.5 Å². The molecule has 4 aromatic rings. The SMILES string of the molecule is COc1ccc([C@H]2CC(c3ccc(-c4ccccc4)cc3)=NN2c2ccccc2)cc1OC.